The molecule has 2 fully saturated rings. The maximum Gasteiger partial charge on any atom is 1.00 e. The van der Waals surface area contributed by atoms with E-state index in [4.69, 9.17) is 18.9 Å². The second-order valence-electron chi connectivity index (χ2n) is 6.75. The van der Waals surface area contributed by atoms with Crippen molar-refractivity contribution in [3.8, 4) is 0 Å². The summed E-state index contributed by atoms with van der Waals surface area (Å²) in [6, 6.07) is -0.979. The number of carbonyl (C=O) groups excluding carboxylic acids is 2. The number of nitrogens with one attached hydrogen (secondary N) is 1. The molecule has 0 aromatic rings. The van der Waals surface area contributed by atoms with Crippen molar-refractivity contribution in [2.45, 2.75) is 75.7 Å². The number of aliphatic carboxylic acids is 1. The minimum atomic E-state index is -1.84. The molecule has 2 rings (SSSR count). The number of aliphatic hydroxyl groups excluding tert-OH is 4. The summed E-state index contributed by atoms with van der Waals surface area (Å²) in [5.41, 5.74) is 0. The van der Waals surface area contributed by atoms with E-state index in [2.05, 4.69) is 5.32 Å². The van der Waals surface area contributed by atoms with E-state index in [1.807, 2.05) is 0 Å². The number of amides is 1. The van der Waals surface area contributed by atoms with Gasteiger partial charge >= 0.3 is 29.6 Å². The van der Waals surface area contributed by atoms with Crippen LogP contribution in [-0.4, -0.2) is 94.8 Å². The third-order valence-corrected chi connectivity index (χ3v) is 4.90. The van der Waals surface area contributed by atoms with E-state index in [1.54, 1.807) is 6.92 Å². The Labute approximate surface area is 189 Å². The number of carboxylic acid groups (broad SMARTS) is 1. The molecular weight excluding hydrogens is 405 g/mol. The van der Waals surface area contributed by atoms with Crippen LogP contribution in [0.1, 0.15) is 20.3 Å². The van der Waals surface area contributed by atoms with E-state index in [9.17, 15) is 35.1 Å². The Morgan fingerprint density at radius 1 is 1.07 bits per heavy atom. The molecule has 0 bridgehead atoms. The Kier molecular flexibility index (Phi) is 10.4. The number of hydrogen-bond donors (Lipinski definition) is 5. The van der Waals surface area contributed by atoms with Crippen LogP contribution in [0.4, 0.5) is 0 Å². The maximum atomic E-state index is 11.6. The summed E-state index contributed by atoms with van der Waals surface area (Å²) in [5, 5.41) is 54.4. The molecule has 29 heavy (non-hydrogen) atoms. The first-order valence-electron chi connectivity index (χ1n) is 8.81. The minimum Gasteiger partial charge on any atom is -0.547 e. The summed E-state index contributed by atoms with van der Waals surface area (Å²) < 4.78 is 20.6. The number of carbonyl (C=O) groups is 2. The summed E-state index contributed by atoms with van der Waals surface area (Å²) in [6.07, 6.45) is -12.5. The fourth-order valence-electron chi connectivity index (χ4n) is 3.48. The van der Waals surface area contributed by atoms with Gasteiger partial charge in [0, 0.05) is 20.0 Å². The summed E-state index contributed by atoms with van der Waals surface area (Å²) in [7, 11) is 1.15. The molecule has 10 atom stereocenters. The summed E-state index contributed by atoms with van der Waals surface area (Å²) in [5.74, 6) is -2.92. The summed E-state index contributed by atoms with van der Waals surface area (Å²) >= 11 is 0. The molecule has 162 valence electrons. The van der Waals surface area contributed by atoms with Gasteiger partial charge in [0.15, 0.2) is 18.9 Å². The summed E-state index contributed by atoms with van der Waals surface area (Å²) in [6.45, 7) is 2.92. The molecule has 5 N–H and O–H groups in total. The third kappa shape index (κ3) is 5.86. The molecular formula is C16H26NNaO11. The average molecular weight is 431 g/mol. The van der Waals surface area contributed by atoms with Gasteiger partial charge in [-0.3, -0.25) is 4.79 Å². The van der Waals surface area contributed by atoms with Crippen LogP contribution in [0, 0.1) is 5.92 Å². The van der Waals surface area contributed by atoms with Crippen LogP contribution in [0.3, 0.4) is 0 Å². The van der Waals surface area contributed by atoms with E-state index < -0.39 is 73.2 Å². The Bertz CT molecular complexity index is 567. The second-order valence-corrected chi connectivity index (χ2v) is 6.75. The fraction of sp³-hybridized carbons (Fsp3) is 0.875. The Morgan fingerprint density at radius 2 is 1.69 bits per heavy atom. The molecule has 0 aliphatic carbocycles. The fourth-order valence-corrected chi connectivity index (χ4v) is 3.48. The topological polar surface area (TPSA) is 187 Å². The van der Waals surface area contributed by atoms with Crippen molar-refractivity contribution >= 4 is 11.9 Å². The monoisotopic (exact) mass is 431 g/mol. The molecule has 0 radical (unpaired) electrons. The van der Waals surface area contributed by atoms with E-state index in [0.29, 0.717) is 6.42 Å². The Hall–Kier alpha value is -0.380. The summed E-state index contributed by atoms with van der Waals surface area (Å²) in [4.78, 5) is 23.0. The van der Waals surface area contributed by atoms with Crippen molar-refractivity contribution in [3.05, 3.63) is 0 Å². The molecule has 2 unspecified atom stereocenters. The molecule has 2 saturated heterocycles. The zero-order chi connectivity index (χ0) is 21.2. The minimum absolute atomic E-state index is 0. The van der Waals surface area contributed by atoms with Crippen LogP contribution >= 0.6 is 0 Å². The number of aliphatic hydroxyl groups is 4. The normalized spacial score (nSPS) is 42.6. The zero-order valence-corrected chi connectivity index (χ0v) is 18.6. The number of hydrogen-bond acceptors (Lipinski definition) is 11. The molecule has 12 nitrogen and oxygen atoms in total. The van der Waals surface area contributed by atoms with Crippen molar-refractivity contribution in [2.24, 2.45) is 5.92 Å². The molecule has 1 amide bonds. The predicted molar refractivity (Wildman–Crippen MR) is 85.8 cm³/mol. The third-order valence-electron chi connectivity index (χ3n) is 4.90. The smallest absolute Gasteiger partial charge is 0.547 e. The van der Waals surface area contributed by atoms with Crippen molar-refractivity contribution in [1.82, 2.24) is 5.32 Å². The Balaban J connectivity index is 0.00000420. The van der Waals surface area contributed by atoms with Gasteiger partial charge in [0.1, 0.15) is 30.5 Å². The number of rotatable bonds is 6. The van der Waals surface area contributed by atoms with Gasteiger partial charge in [-0.15, -0.1) is 0 Å². The van der Waals surface area contributed by atoms with Crippen LogP contribution in [0.15, 0.2) is 0 Å². The molecule has 2 heterocycles. The molecule has 2 aliphatic rings. The van der Waals surface area contributed by atoms with Gasteiger partial charge in [-0.1, -0.05) is 6.92 Å². The van der Waals surface area contributed by atoms with Crippen molar-refractivity contribution in [3.63, 3.8) is 0 Å². The molecule has 0 spiro atoms. The van der Waals surface area contributed by atoms with E-state index in [-0.39, 0.29) is 29.6 Å². The SMILES string of the molecule is CCC1[C@@H](O)[C@@H](O)O[C@@H](O[C@@H]2[C@@H](O)[C@H](O)C(OC)O[C@H]2C(=O)[O-])[C@@H]1NC(C)=O.[Na+]. The molecule has 13 heteroatoms. The van der Waals surface area contributed by atoms with Gasteiger partial charge in [-0.05, 0) is 6.42 Å². The first kappa shape index (κ1) is 26.7. The number of ether oxygens (including phenoxy) is 4. The molecule has 2 aliphatic heterocycles. The number of methoxy groups -OCH3 is 1. The van der Waals surface area contributed by atoms with Crippen LogP contribution in [0.2, 0.25) is 0 Å². The first-order chi connectivity index (χ1) is 13.1. The van der Waals surface area contributed by atoms with Crippen LogP contribution in [0.5, 0.6) is 0 Å². The average Bonchev–Trinajstić information content (AvgIpc) is 2.62. The van der Waals surface area contributed by atoms with Crippen molar-refractivity contribution in [1.29, 1.82) is 0 Å². The number of carboxylic acids is 1. The van der Waals surface area contributed by atoms with Crippen molar-refractivity contribution in [2.75, 3.05) is 7.11 Å². The maximum absolute atomic E-state index is 11.6. The molecule has 0 aromatic heterocycles. The van der Waals surface area contributed by atoms with Gasteiger partial charge in [-0.25, -0.2) is 0 Å². The van der Waals surface area contributed by atoms with Gasteiger partial charge in [-0.2, -0.15) is 0 Å². The van der Waals surface area contributed by atoms with Gasteiger partial charge in [0.25, 0.3) is 0 Å². The van der Waals surface area contributed by atoms with E-state index in [1.165, 1.54) is 6.92 Å². The van der Waals surface area contributed by atoms with Gasteiger partial charge in [0.2, 0.25) is 5.91 Å². The van der Waals surface area contributed by atoms with Gasteiger partial charge in [0.05, 0.1) is 12.0 Å². The van der Waals surface area contributed by atoms with Gasteiger partial charge < -0.3 is 54.6 Å². The Morgan fingerprint density at radius 3 is 2.17 bits per heavy atom. The van der Waals surface area contributed by atoms with Crippen LogP contribution in [-0.2, 0) is 28.5 Å². The largest absolute Gasteiger partial charge is 1.00 e. The van der Waals surface area contributed by atoms with E-state index >= 15 is 0 Å². The molecule has 0 aromatic carbocycles. The predicted octanol–water partition coefficient (Wildman–Crippen LogP) is -7.21. The van der Waals surface area contributed by atoms with E-state index in [0.717, 1.165) is 7.11 Å². The van der Waals surface area contributed by atoms with Crippen molar-refractivity contribution < 1.29 is 83.6 Å². The quantitative estimate of drug-likeness (QED) is 0.251. The standard InChI is InChI=1S/C16H27NO11.Na/c1-4-6-7(17-5(2)18)15(28-14(24)8(6)19)26-11-9(20)10(21)16(25-3)27-12(11)13(22)23;/h6-12,14-16,19-21,24H,4H2,1-3H3,(H,17,18)(H,22,23);/q;+1/p-1/t6?,7-,8-,9+,10+,11-,12-,14+,15-,16?;/m1./s1. The zero-order valence-electron chi connectivity index (χ0n) is 16.6. The van der Waals surface area contributed by atoms with Crippen LogP contribution in [0.25, 0.3) is 0 Å². The van der Waals surface area contributed by atoms with Crippen LogP contribution < -0.4 is 40.0 Å². The second kappa shape index (κ2) is 11.3. The molecule has 0 saturated carbocycles. The first-order valence-corrected chi connectivity index (χ1v) is 8.81.